The molecule has 2 N–H and O–H groups in total. The van der Waals surface area contributed by atoms with Crippen molar-refractivity contribution in [1.82, 2.24) is 14.7 Å². The zero-order valence-corrected chi connectivity index (χ0v) is 10.5. The van der Waals surface area contributed by atoms with Gasteiger partial charge in [-0.3, -0.25) is 4.68 Å². The van der Waals surface area contributed by atoms with Crippen LogP contribution < -0.4 is 5.73 Å². The van der Waals surface area contributed by atoms with E-state index >= 15 is 0 Å². The minimum absolute atomic E-state index is 0.699. The highest BCUT2D eigenvalue weighted by Gasteiger charge is 2.06. The monoisotopic (exact) mass is 230 g/mol. The number of nitrogens with zero attached hydrogens (tertiary/aromatic N) is 3. The van der Waals surface area contributed by atoms with Crippen LogP contribution in [-0.2, 0) is 13.6 Å². The maximum Gasteiger partial charge on any atom is 0.129 e. The highest BCUT2D eigenvalue weighted by molar-refractivity contribution is 5.73. The van der Waals surface area contributed by atoms with Gasteiger partial charge in [-0.2, -0.15) is 5.10 Å². The summed E-state index contributed by atoms with van der Waals surface area (Å²) in [5, 5.41) is 4.15. The summed E-state index contributed by atoms with van der Waals surface area (Å²) < 4.78 is 1.68. The number of benzene rings is 1. The van der Waals surface area contributed by atoms with E-state index in [2.05, 4.69) is 48.4 Å². The molecule has 0 aliphatic heterocycles. The molecule has 0 amide bonds. The van der Waals surface area contributed by atoms with Crippen molar-refractivity contribution in [3.63, 3.8) is 0 Å². The lowest BCUT2D eigenvalue weighted by atomic mass is 10.1. The zero-order chi connectivity index (χ0) is 12.4. The number of hydrogen-bond donors (Lipinski definition) is 1. The highest BCUT2D eigenvalue weighted by Crippen LogP contribution is 2.25. The summed E-state index contributed by atoms with van der Waals surface area (Å²) in [6.07, 6.45) is 1.80. The molecule has 0 atom stereocenters. The topological polar surface area (TPSA) is 47.1 Å². The van der Waals surface area contributed by atoms with Crippen molar-refractivity contribution in [2.75, 3.05) is 19.8 Å². The van der Waals surface area contributed by atoms with Gasteiger partial charge in [0.25, 0.3) is 0 Å². The third kappa shape index (κ3) is 2.47. The van der Waals surface area contributed by atoms with E-state index in [0.717, 1.165) is 17.7 Å². The molecule has 90 valence electrons. The number of nitrogen functional groups attached to an aromatic ring is 1. The molecular formula is C13H18N4. The third-order valence-corrected chi connectivity index (χ3v) is 2.75. The van der Waals surface area contributed by atoms with E-state index in [1.165, 1.54) is 5.56 Å². The van der Waals surface area contributed by atoms with Gasteiger partial charge in [-0.1, -0.05) is 24.3 Å². The zero-order valence-electron chi connectivity index (χ0n) is 10.5. The molecule has 0 saturated heterocycles. The Morgan fingerprint density at radius 1 is 1.24 bits per heavy atom. The maximum absolute atomic E-state index is 5.95. The quantitative estimate of drug-likeness (QED) is 0.873. The lowest BCUT2D eigenvalue weighted by molar-refractivity contribution is 0.402. The van der Waals surface area contributed by atoms with Crippen molar-refractivity contribution >= 4 is 5.82 Å². The lowest BCUT2D eigenvalue weighted by Gasteiger charge is -2.09. The minimum atomic E-state index is 0.699. The molecule has 0 fully saturated rings. The largest absolute Gasteiger partial charge is 0.383 e. The van der Waals surface area contributed by atoms with E-state index in [9.17, 15) is 0 Å². The standard InChI is InChI=1S/C13H18N4/c1-16(2)9-10-4-6-11(7-5-10)12-8-15-17(3)13(12)14/h4-8H,9,14H2,1-3H3. The molecule has 1 heterocycles. The Kier molecular flexibility index (Phi) is 3.15. The molecule has 17 heavy (non-hydrogen) atoms. The van der Waals surface area contributed by atoms with Gasteiger partial charge >= 0.3 is 0 Å². The molecular weight excluding hydrogens is 212 g/mol. The van der Waals surface area contributed by atoms with E-state index in [-0.39, 0.29) is 0 Å². The number of aromatic nitrogens is 2. The molecule has 0 unspecified atom stereocenters. The second-order valence-electron chi connectivity index (χ2n) is 4.50. The number of anilines is 1. The van der Waals surface area contributed by atoms with Crippen LogP contribution in [0.4, 0.5) is 5.82 Å². The van der Waals surface area contributed by atoms with Gasteiger partial charge in [0, 0.05) is 19.2 Å². The summed E-state index contributed by atoms with van der Waals surface area (Å²) in [4.78, 5) is 2.15. The van der Waals surface area contributed by atoms with Crippen LogP contribution in [0.15, 0.2) is 30.5 Å². The predicted octanol–water partition coefficient (Wildman–Crippen LogP) is 1.73. The highest BCUT2D eigenvalue weighted by atomic mass is 15.3. The summed E-state index contributed by atoms with van der Waals surface area (Å²) in [5.41, 5.74) is 9.34. The first-order valence-electron chi connectivity index (χ1n) is 5.59. The Hall–Kier alpha value is -1.81. The number of hydrogen-bond acceptors (Lipinski definition) is 3. The lowest BCUT2D eigenvalue weighted by Crippen LogP contribution is -2.10. The SMILES string of the molecule is CN(C)Cc1ccc(-c2cnn(C)c2N)cc1. The molecule has 4 heteroatoms. The van der Waals surface area contributed by atoms with E-state index in [0.29, 0.717) is 5.82 Å². The van der Waals surface area contributed by atoms with Crippen molar-refractivity contribution in [1.29, 1.82) is 0 Å². The molecule has 1 aromatic heterocycles. The summed E-state index contributed by atoms with van der Waals surface area (Å²) >= 11 is 0. The van der Waals surface area contributed by atoms with Crippen LogP contribution >= 0.6 is 0 Å². The Labute approximate surface area is 102 Å². The van der Waals surface area contributed by atoms with Crippen molar-refractivity contribution in [3.05, 3.63) is 36.0 Å². The summed E-state index contributed by atoms with van der Waals surface area (Å²) in [7, 11) is 5.97. The Morgan fingerprint density at radius 3 is 2.35 bits per heavy atom. The van der Waals surface area contributed by atoms with Crippen LogP contribution in [-0.4, -0.2) is 28.8 Å². The summed E-state index contributed by atoms with van der Waals surface area (Å²) in [6.45, 7) is 0.947. The Morgan fingerprint density at radius 2 is 1.88 bits per heavy atom. The molecule has 2 rings (SSSR count). The van der Waals surface area contributed by atoms with Crippen LogP contribution in [0.2, 0.25) is 0 Å². The first kappa shape index (κ1) is 11.7. The normalized spacial score (nSPS) is 11.1. The average Bonchev–Trinajstić information content (AvgIpc) is 2.60. The smallest absolute Gasteiger partial charge is 0.129 e. The van der Waals surface area contributed by atoms with Crippen LogP contribution in [0.25, 0.3) is 11.1 Å². The van der Waals surface area contributed by atoms with Gasteiger partial charge in [0.1, 0.15) is 5.82 Å². The molecule has 0 spiro atoms. The average molecular weight is 230 g/mol. The van der Waals surface area contributed by atoms with Gasteiger partial charge in [0.15, 0.2) is 0 Å². The molecule has 0 radical (unpaired) electrons. The number of rotatable bonds is 3. The van der Waals surface area contributed by atoms with E-state index < -0.39 is 0 Å². The fourth-order valence-corrected chi connectivity index (χ4v) is 1.82. The molecule has 1 aromatic carbocycles. The number of nitrogens with two attached hydrogens (primary N) is 1. The second-order valence-corrected chi connectivity index (χ2v) is 4.50. The van der Waals surface area contributed by atoms with Crippen LogP contribution in [0.3, 0.4) is 0 Å². The Balaban J connectivity index is 2.26. The fraction of sp³-hybridized carbons (Fsp3) is 0.308. The van der Waals surface area contributed by atoms with Crippen LogP contribution in [0.5, 0.6) is 0 Å². The molecule has 0 bridgehead atoms. The number of aryl methyl sites for hydroxylation is 1. The van der Waals surface area contributed by atoms with Crippen molar-refractivity contribution < 1.29 is 0 Å². The van der Waals surface area contributed by atoms with E-state index in [1.807, 2.05) is 7.05 Å². The van der Waals surface area contributed by atoms with Crippen LogP contribution in [0, 0.1) is 0 Å². The van der Waals surface area contributed by atoms with Crippen molar-refractivity contribution in [2.24, 2.45) is 7.05 Å². The summed E-state index contributed by atoms with van der Waals surface area (Å²) in [5.74, 6) is 0.699. The first-order chi connectivity index (χ1) is 8.08. The third-order valence-electron chi connectivity index (χ3n) is 2.75. The second kappa shape index (κ2) is 4.59. The minimum Gasteiger partial charge on any atom is -0.383 e. The maximum atomic E-state index is 5.95. The van der Waals surface area contributed by atoms with Gasteiger partial charge in [-0.05, 0) is 25.2 Å². The van der Waals surface area contributed by atoms with E-state index in [1.54, 1.807) is 10.9 Å². The summed E-state index contributed by atoms with van der Waals surface area (Å²) in [6, 6.07) is 8.43. The first-order valence-corrected chi connectivity index (χ1v) is 5.59. The van der Waals surface area contributed by atoms with Crippen LogP contribution in [0.1, 0.15) is 5.56 Å². The van der Waals surface area contributed by atoms with Gasteiger partial charge in [-0.25, -0.2) is 0 Å². The molecule has 0 aliphatic carbocycles. The van der Waals surface area contributed by atoms with Crippen molar-refractivity contribution in [2.45, 2.75) is 6.54 Å². The molecule has 4 nitrogen and oxygen atoms in total. The molecule has 0 aliphatic rings. The van der Waals surface area contributed by atoms with Gasteiger partial charge in [-0.15, -0.1) is 0 Å². The van der Waals surface area contributed by atoms with Gasteiger partial charge in [0.2, 0.25) is 0 Å². The van der Waals surface area contributed by atoms with Gasteiger partial charge < -0.3 is 10.6 Å². The fourth-order valence-electron chi connectivity index (χ4n) is 1.82. The molecule has 0 saturated carbocycles. The van der Waals surface area contributed by atoms with E-state index in [4.69, 9.17) is 5.73 Å². The predicted molar refractivity (Wildman–Crippen MR) is 70.4 cm³/mol. The van der Waals surface area contributed by atoms with Gasteiger partial charge in [0.05, 0.1) is 6.20 Å². The van der Waals surface area contributed by atoms with Crippen molar-refractivity contribution in [3.8, 4) is 11.1 Å². The molecule has 2 aromatic rings. The Bertz CT molecular complexity index is 497.